The van der Waals surface area contributed by atoms with Crippen molar-refractivity contribution in [2.45, 2.75) is 18.9 Å². The van der Waals surface area contributed by atoms with Crippen molar-refractivity contribution < 1.29 is 13.9 Å². The molecular formula is C18H18FN5O2. The van der Waals surface area contributed by atoms with Crippen LogP contribution in [0.2, 0.25) is 0 Å². The molecule has 7 nitrogen and oxygen atoms in total. The van der Waals surface area contributed by atoms with Gasteiger partial charge >= 0.3 is 6.01 Å². The monoisotopic (exact) mass is 355 g/mol. The molecule has 3 heterocycles. The van der Waals surface area contributed by atoms with Gasteiger partial charge in [-0.3, -0.25) is 0 Å². The zero-order chi connectivity index (χ0) is 17.9. The van der Waals surface area contributed by atoms with Gasteiger partial charge in [0, 0.05) is 11.9 Å². The highest BCUT2D eigenvalue weighted by atomic mass is 19.1. The fraction of sp³-hybridized carbons (Fsp3) is 0.333. The fourth-order valence-corrected chi connectivity index (χ4v) is 3.11. The molecule has 1 fully saturated rings. The lowest BCUT2D eigenvalue weighted by Gasteiger charge is -2.33. The van der Waals surface area contributed by atoms with Crippen LogP contribution >= 0.6 is 0 Å². The van der Waals surface area contributed by atoms with Crippen LogP contribution in [-0.4, -0.2) is 46.2 Å². The van der Waals surface area contributed by atoms with E-state index in [4.69, 9.17) is 9.47 Å². The molecule has 3 aromatic rings. The second kappa shape index (κ2) is 7.07. The number of piperidine rings is 1. The van der Waals surface area contributed by atoms with Gasteiger partial charge in [0.1, 0.15) is 24.1 Å². The summed E-state index contributed by atoms with van der Waals surface area (Å²) in [6.07, 6.45) is 6.40. The first-order valence-corrected chi connectivity index (χ1v) is 8.41. The van der Waals surface area contributed by atoms with Crippen LogP contribution in [0.15, 0.2) is 36.9 Å². The molecule has 1 aliphatic heterocycles. The van der Waals surface area contributed by atoms with Crippen LogP contribution in [0.5, 0.6) is 11.8 Å². The highest BCUT2D eigenvalue weighted by Crippen LogP contribution is 2.27. The van der Waals surface area contributed by atoms with E-state index in [1.807, 2.05) is 0 Å². The SMILES string of the molecule is COc1cnc(OC2CCCN(c3ncnc4ccc(F)cc34)C2)nc1. The Morgan fingerprint density at radius 2 is 2.00 bits per heavy atom. The number of fused-ring (bicyclic) bond motifs is 1. The van der Waals surface area contributed by atoms with Crippen LogP contribution in [0.3, 0.4) is 0 Å². The number of halogens is 1. The molecule has 1 saturated heterocycles. The van der Waals surface area contributed by atoms with Gasteiger partial charge in [0.15, 0.2) is 5.75 Å². The number of hydrogen-bond donors (Lipinski definition) is 0. The highest BCUT2D eigenvalue weighted by Gasteiger charge is 2.24. The summed E-state index contributed by atoms with van der Waals surface area (Å²) in [4.78, 5) is 19.0. The van der Waals surface area contributed by atoms with E-state index >= 15 is 0 Å². The van der Waals surface area contributed by atoms with Crippen LogP contribution in [0, 0.1) is 5.82 Å². The minimum absolute atomic E-state index is 0.0734. The molecule has 8 heteroatoms. The number of benzene rings is 1. The smallest absolute Gasteiger partial charge is 0.316 e. The normalized spacial score (nSPS) is 17.3. The molecule has 0 N–H and O–H groups in total. The molecule has 0 spiro atoms. The molecule has 1 aromatic carbocycles. The lowest BCUT2D eigenvalue weighted by molar-refractivity contribution is 0.164. The minimum Gasteiger partial charge on any atom is -0.494 e. The van der Waals surface area contributed by atoms with Gasteiger partial charge in [-0.2, -0.15) is 9.97 Å². The number of methoxy groups -OCH3 is 1. The first-order chi connectivity index (χ1) is 12.7. The molecule has 4 rings (SSSR count). The van der Waals surface area contributed by atoms with Crippen LogP contribution in [0.25, 0.3) is 10.9 Å². The van der Waals surface area contributed by atoms with E-state index in [-0.39, 0.29) is 11.9 Å². The minimum atomic E-state index is -0.301. The average Bonchev–Trinajstić information content (AvgIpc) is 2.68. The lowest BCUT2D eigenvalue weighted by atomic mass is 10.1. The number of anilines is 1. The number of rotatable bonds is 4. The zero-order valence-electron chi connectivity index (χ0n) is 14.3. The van der Waals surface area contributed by atoms with Crippen molar-refractivity contribution in [3.05, 3.63) is 42.7 Å². The molecule has 0 amide bonds. The second-order valence-electron chi connectivity index (χ2n) is 6.09. The Bertz CT molecular complexity index is 906. The molecule has 134 valence electrons. The number of aromatic nitrogens is 4. The van der Waals surface area contributed by atoms with Gasteiger partial charge in [0.2, 0.25) is 0 Å². The highest BCUT2D eigenvalue weighted by molar-refractivity contribution is 5.89. The van der Waals surface area contributed by atoms with Gasteiger partial charge in [-0.25, -0.2) is 14.4 Å². The van der Waals surface area contributed by atoms with E-state index < -0.39 is 0 Å². The van der Waals surface area contributed by atoms with Crippen LogP contribution in [0.4, 0.5) is 10.2 Å². The van der Waals surface area contributed by atoms with Crippen LogP contribution < -0.4 is 14.4 Å². The standard InChI is InChI=1S/C18H18FN5O2/c1-25-14-8-20-18(21-9-14)26-13-3-2-6-24(10-13)17-15-7-12(19)4-5-16(15)22-11-23-17/h4-5,7-9,11,13H,2-3,6,10H2,1H3. The molecule has 0 bridgehead atoms. The average molecular weight is 355 g/mol. The second-order valence-corrected chi connectivity index (χ2v) is 6.09. The molecule has 26 heavy (non-hydrogen) atoms. The van der Waals surface area contributed by atoms with E-state index in [1.54, 1.807) is 25.6 Å². The van der Waals surface area contributed by atoms with E-state index in [0.29, 0.717) is 23.7 Å². The summed E-state index contributed by atoms with van der Waals surface area (Å²) in [5.41, 5.74) is 0.720. The molecule has 0 saturated carbocycles. The summed E-state index contributed by atoms with van der Waals surface area (Å²) in [7, 11) is 1.56. The van der Waals surface area contributed by atoms with Gasteiger partial charge in [-0.1, -0.05) is 0 Å². The Kier molecular flexibility index (Phi) is 4.47. The Labute approximate surface area is 149 Å². The molecule has 1 unspecified atom stereocenters. The summed E-state index contributed by atoms with van der Waals surface area (Å²) >= 11 is 0. The third-order valence-corrected chi connectivity index (χ3v) is 4.37. The van der Waals surface area contributed by atoms with Gasteiger partial charge in [0.05, 0.1) is 31.6 Å². The van der Waals surface area contributed by atoms with Crippen LogP contribution in [0.1, 0.15) is 12.8 Å². The summed E-state index contributed by atoms with van der Waals surface area (Å²) in [6.45, 7) is 1.45. The molecule has 2 aromatic heterocycles. The summed E-state index contributed by atoms with van der Waals surface area (Å²) in [6, 6.07) is 4.86. The maximum absolute atomic E-state index is 13.7. The first kappa shape index (κ1) is 16.4. The van der Waals surface area contributed by atoms with Crippen molar-refractivity contribution in [1.29, 1.82) is 0 Å². The number of nitrogens with zero attached hydrogens (tertiary/aromatic N) is 5. The Morgan fingerprint density at radius 1 is 1.15 bits per heavy atom. The third-order valence-electron chi connectivity index (χ3n) is 4.37. The van der Waals surface area contributed by atoms with E-state index in [2.05, 4.69) is 24.8 Å². The first-order valence-electron chi connectivity index (χ1n) is 8.41. The summed E-state index contributed by atoms with van der Waals surface area (Å²) < 4.78 is 24.6. The van der Waals surface area contributed by atoms with Crippen molar-refractivity contribution in [2.24, 2.45) is 0 Å². The Hall–Kier alpha value is -3.03. The quantitative estimate of drug-likeness (QED) is 0.712. The molecule has 1 atom stereocenters. The molecule has 0 radical (unpaired) electrons. The lowest BCUT2D eigenvalue weighted by Crippen LogP contribution is -2.42. The van der Waals surface area contributed by atoms with Gasteiger partial charge < -0.3 is 14.4 Å². The Balaban J connectivity index is 1.54. The van der Waals surface area contributed by atoms with Gasteiger partial charge in [-0.05, 0) is 31.0 Å². The molecule has 0 aliphatic carbocycles. The van der Waals surface area contributed by atoms with Gasteiger partial charge in [0.25, 0.3) is 0 Å². The number of ether oxygens (including phenoxy) is 2. The third kappa shape index (κ3) is 3.35. The van der Waals surface area contributed by atoms with Crippen molar-refractivity contribution in [3.63, 3.8) is 0 Å². The summed E-state index contributed by atoms with van der Waals surface area (Å²) in [5.74, 6) is 1.00. The maximum atomic E-state index is 13.7. The zero-order valence-corrected chi connectivity index (χ0v) is 14.3. The van der Waals surface area contributed by atoms with E-state index in [9.17, 15) is 4.39 Å². The predicted molar refractivity (Wildman–Crippen MR) is 93.9 cm³/mol. The van der Waals surface area contributed by atoms with Crippen molar-refractivity contribution in [3.8, 4) is 11.8 Å². The van der Waals surface area contributed by atoms with Crippen LogP contribution in [-0.2, 0) is 0 Å². The van der Waals surface area contributed by atoms with Gasteiger partial charge in [-0.15, -0.1) is 0 Å². The fourth-order valence-electron chi connectivity index (χ4n) is 3.11. The maximum Gasteiger partial charge on any atom is 0.316 e. The van der Waals surface area contributed by atoms with E-state index in [1.165, 1.54) is 18.5 Å². The number of hydrogen-bond acceptors (Lipinski definition) is 7. The predicted octanol–water partition coefficient (Wildman–Crippen LogP) is 2.62. The van der Waals surface area contributed by atoms with Crippen molar-refractivity contribution in [2.75, 3.05) is 25.1 Å². The van der Waals surface area contributed by atoms with Crippen molar-refractivity contribution >= 4 is 16.7 Å². The topological polar surface area (TPSA) is 73.3 Å². The van der Waals surface area contributed by atoms with E-state index in [0.717, 1.165) is 30.7 Å². The largest absolute Gasteiger partial charge is 0.494 e. The Morgan fingerprint density at radius 3 is 2.81 bits per heavy atom. The summed E-state index contributed by atoms with van der Waals surface area (Å²) in [5, 5.41) is 0.703. The van der Waals surface area contributed by atoms with Crippen molar-refractivity contribution in [1.82, 2.24) is 19.9 Å². The molecular weight excluding hydrogens is 337 g/mol. The molecule has 1 aliphatic rings.